The van der Waals surface area contributed by atoms with E-state index in [0.717, 1.165) is 56.4 Å². The van der Waals surface area contributed by atoms with Crippen LogP contribution in [0.15, 0.2) is 0 Å². The van der Waals surface area contributed by atoms with Crippen molar-refractivity contribution in [3.8, 4) is 0 Å². The topological polar surface area (TPSA) is 242 Å². The molecule has 440 valence electrons. The van der Waals surface area contributed by atoms with Crippen LogP contribution >= 0.6 is 0 Å². The number of hydrogen-bond donors (Lipinski definition) is 4. The number of quaternary nitrogens is 1. The summed E-state index contributed by atoms with van der Waals surface area (Å²) in [5.41, 5.74) is -0.456. The molecule has 4 bridgehead atoms. The van der Waals surface area contributed by atoms with E-state index >= 15 is 0 Å². The number of ether oxygens (including phenoxy) is 2. The Morgan fingerprint density at radius 3 is 1.32 bits per heavy atom. The number of rotatable bonds is 22. The molecule has 4 saturated heterocycles. The summed E-state index contributed by atoms with van der Waals surface area (Å²) in [4.78, 5) is 76.6. The van der Waals surface area contributed by atoms with Gasteiger partial charge in [0.25, 0.3) is 0 Å². The summed E-state index contributed by atoms with van der Waals surface area (Å²) in [5, 5.41) is 17.3. The predicted octanol–water partition coefficient (Wildman–Crippen LogP) is 8.45. The molecule has 4 aliphatic heterocycles. The minimum atomic E-state index is -4.81. The zero-order valence-electron chi connectivity index (χ0n) is 48.4. The van der Waals surface area contributed by atoms with Crippen molar-refractivity contribution in [3.05, 3.63) is 0 Å². The molecule has 20 nitrogen and oxygen atoms in total. The molecule has 8 rings (SSSR count). The Morgan fingerprint density at radius 2 is 0.961 bits per heavy atom. The molecule has 4 saturated carbocycles. The van der Waals surface area contributed by atoms with Crippen LogP contribution in [0.4, 0.5) is 9.59 Å². The minimum Gasteiger partial charge on any atom is -0.460 e. The van der Waals surface area contributed by atoms with E-state index in [1.165, 1.54) is 91.8 Å². The van der Waals surface area contributed by atoms with Crippen LogP contribution in [0.25, 0.3) is 0 Å². The maximum absolute atomic E-state index is 12.8. The summed E-state index contributed by atoms with van der Waals surface area (Å²) in [6.45, 7) is 26.8. The maximum atomic E-state index is 12.8. The number of fused-ring (bicyclic) bond motifs is 4. The van der Waals surface area contributed by atoms with Gasteiger partial charge in [0.1, 0.15) is 23.3 Å². The summed E-state index contributed by atoms with van der Waals surface area (Å²) in [6, 6.07) is -2.87. The van der Waals surface area contributed by atoms with E-state index in [0.29, 0.717) is 62.0 Å². The lowest BCUT2D eigenvalue weighted by Gasteiger charge is -2.58. The molecule has 77 heavy (non-hydrogen) atoms. The van der Waals surface area contributed by atoms with E-state index in [4.69, 9.17) is 14.0 Å². The number of unbranched alkanes of at least 4 members (excludes halogenated alkanes) is 4. The highest BCUT2D eigenvalue weighted by Gasteiger charge is 2.56. The summed E-state index contributed by atoms with van der Waals surface area (Å²) >= 11 is 0. The lowest BCUT2D eigenvalue weighted by molar-refractivity contribution is -0.929. The van der Waals surface area contributed by atoms with E-state index in [2.05, 4.69) is 42.6 Å². The monoisotopic (exact) mass is 1110 g/mol. The lowest BCUT2D eigenvalue weighted by Crippen LogP contribution is -2.59. The van der Waals surface area contributed by atoms with Crippen LogP contribution in [0.1, 0.15) is 210 Å². The van der Waals surface area contributed by atoms with E-state index in [9.17, 15) is 42.4 Å². The number of carbonyl (C=O) groups excluding carboxylic acids is 6. The zero-order valence-corrected chi connectivity index (χ0v) is 49.3. The van der Waals surface area contributed by atoms with Crippen LogP contribution in [0, 0.1) is 22.7 Å². The van der Waals surface area contributed by atoms with Gasteiger partial charge < -0.3 is 34.4 Å². The first-order valence-electron chi connectivity index (χ1n) is 29.5. The number of hydroxylamine groups is 4. The smallest absolute Gasteiger partial charge is 0.418 e. The SMILES string of the molecule is CC(C)(C)OC(=O)CC1CC2(C1)CC(NC(=O)[C@@H]1CC[C@@H]3CN1C(=O)N3O)C2.CC(C)(C)OC(=O)CC1CC2(C1)CC(NC(=O)[C@@H]1CC[C@@H]3CN1C(=O)N3OS(=O)(=O)O)C2.CCCC[N+](CCCC)(CCCC)CCCC. The fourth-order valence-corrected chi connectivity index (χ4v) is 14.4. The van der Waals surface area contributed by atoms with E-state index < -0.39 is 51.8 Å². The molecule has 0 radical (unpaired) electrons. The number of nitrogens with zero attached hydrogens (tertiary/aromatic N) is 5. The van der Waals surface area contributed by atoms with Crippen LogP contribution in [0.2, 0.25) is 0 Å². The molecule has 0 aromatic carbocycles. The van der Waals surface area contributed by atoms with Crippen molar-refractivity contribution in [2.24, 2.45) is 22.7 Å². The van der Waals surface area contributed by atoms with Gasteiger partial charge in [-0.25, -0.2) is 14.7 Å². The standard InChI is InChI=1S/C20H31N3O8S.C20H31N3O5.C16H36N/c1-19(2,3)30-16(24)6-12-7-20(8-12)9-13(10-20)21-17(25)15-5-4-14-11-22(15)18(26)23(14)31-32(27,28)29;1-19(2,3)28-16(24)6-12-7-20(8-12)9-13(10-20)21-17(25)15-5-4-14-11-22(15)18(26)23(14)27;1-5-9-13-17(14-10-6-2,15-11-7-3)16-12-8-4/h12-15H,4-11H2,1-3H3,(H,21,25)(H,27,28,29);12-15,27H,4-11H2,1-3H3,(H,21,25);5-16H2,1-4H3/q;;+1/t2*12?,13?,14-,15+,20?;/m11./s1. The van der Waals surface area contributed by atoms with Crippen molar-refractivity contribution < 1.29 is 65.2 Å². The molecular formula is C56H98N7O13S+. The average molecular weight is 1110 g/mol. The lowest BCUT2D eigenvalue weighted by atomic mass is 9.49. The molecule has 4 atom stereocenters. The molecule has 4 aliphatic carbocycles. The molecular weight excluding hydrogens is 1010 g/mol. The Balaban J connectivity index is 0.000000196. The van der Waals surface area contributed by atoms with Gasteiger partial charge >= 0.3 is 34.4 Å². The Kier molecular flexibility index (Phi) is 20.9. The minimum absolute atomic E-state index is 0.0329. The summed E-state index contributed by atoms with van der Waals surface area (Å²) < 4.78 is 47.4. The van der Waals surface area contributed by atoms with Crippen molar-refractivity contribution in [2.75, 3.05) is 39.3 Å². The van der Waals surface area contributed by atoms with Gasteiger partial charge in [-0.1, -0.05) is 53.4 Å². The Labute approximate surface area is 460 Å². The Morgan fingerprint density at radius 1 is 0.597 bits per heavy atom. The molecule has 0 aromatic rings. The molecule has 8 aliphatic rings. The highest BCUT2D eigenvalue weighted by Crippen LogP contribution is 2.60. The van der Waals surface area contributed by atoms with E-state index in [1.54, 1.807) is 0 Å². The van der Waals surface area contributed by atoms with Gasteiger partial charge in [-0.05, 0) is 167 Å². The second kappa shape index (κ2) is 25.8. The Bertz CT molecular complexity index is 2120. The largest absolute Gasteiger partial charge is 0.460 e. The molecule has 6 amide bonds. The quantitative estimate of drug-likeness (QED) is 0.0345. The van der Waals surface area contributed by atoms with Crippen molar-refractivity contribution in [3.63, 3.8) is 0 Å². The molecule has 21 heteroatoms. The molecule has 2 spiro atoms. The first-order chi connectivity index (χ1) is 36.0. The van der Waals surface area contributed by atoms with Crippen molar-refractivity contribution in [1.29, 1.82) is 0 Å². The van der Waals surface area contributed by atoms with Crippen LogP contribution in [0.5, 0.6) is 0 Å². The number of nitrogens with one attached hydrogen (secondary N) is 2. The third-order valence-corrected chi connectivity index (χ3v) is 17.8. The second-order valence-electron chi connectivity index (χ2n) is 26.5. The zero-order chi connectivity index (χ0) is 56.7. The summed E-state index contributed by atoms with van der Waals surface area (Å²) in [7, 11) is -4.81. The average Bonchev–Trinajstić information content (AvgIpc) is 3.65. The Hall–Kier alpha value is -3.79. The number of esters is 2. The van der Waals surface area contributed by atoms with Crippen LogP contribution < -0.4 is 10.6 Å². The molecule has 0 unspecified atom stereocenters. The second-order valence-corrected chi connectivity index (χ2v) is 27.5. The van der Waals surface area contributed by atoms with Crippen molar-refractivity contribution in [2.45, 2.75) is 258 Å². The predicted molar refractivity (Wildman–Crippen MR) is 289 cm³/mol. The molecule has 4 N–H and O–H groups in total. The normalized spacial score (nSPS) is 30.2. The van der Waals surface area contributed by atoms with Gasteiger partial charge in [0.15, 0.2) is 0 Å². The van der Waals surface area contributed by atoms with E-state index in [1.807, 2.05) is 41.5 Å². The van der Waals surface area contributed by atoms with Gasteiger partial charge in [0, 0.05) is 38.0 Å². The van der Waals surface area contributed by atoms with Gasteiger partial charge in [0.05, 0.1) is 38.3 Å². The fourth-order valence-electron chi connectivity index (χ4n) is 14.0. The molecule has 4 heterocycles. The van der Waals surface area contributed by atoms with Gasteiger partial charge in [-0.2, -0.15) is 13.5 Å². The summed E-state index contributed by atoms with van der Waals surface area (Å²) in [5.74, 6) is 0.0636. The first-order valence-corrected chi connectivity index (χ1v) is 30.8. The number of carbonyl (C=O) groups is 6. The van der Waals surface area contributed by atoms with Crippen LogP contribution in [0.3, 0.4) is 0 Å². The first kappa shape index (κ1) is 62.4. The van der Waals surface area contributed by atoms with Crippen LogP contribution in [-0.2, 0) is 43.3 Å². The molecule has 0 aromatic heterocycles. The molecule has 8 fully saturated rings. The number of hydrogen-bond acceptors (Lipinski definition) is 12. The number of piperidine rings is 2. The van der Waals surface area contributed by atoms with Crippen molar-refractivity contribution in [1.82, 2.24) is 30.6 Å². The third kappa shape index (κ3) is 16.9. The third-order valence-electron chi connectivity index (χ3n) is 17.4. The van der Waals surface area contributed by atoms with E-state index in [-0.39, 0.29) is 59.3 Å². The highest BCUT2D eigenvalue weighted by atomic mass is 32.3. The fraction of sp³-hybridized carbons (Fsp3) is 0.893. The van der Waals surface area contributed by atoms with Gasteiger partial charge in [-0.15, -0.1) is 4.28 Å². The highest BCUT2D eigenvalue weighted by molar-refractivity contribution is 7.80. The maximum Gasteiger partial charge on any atom is 0.418 e. The van der Waals surface area contributed by atoms with Gasteiger partial charge in [-0.3, -0.25) is 28.9 Å². The summed E-state index contributed by atoms with van der Waals surface area (Å²) in [6.07, 6.45) is 21.5. The van der Waals surface area contributed by atoms with Crippen molar-refractivity contribution >= 4 is 46.2 Å². The van der Waals surface area contributed by atoms with Crippen LogP contribution in [-0.4, -0.2) is 165 Å². The number of urea groups is 2. The van der Waals surface area contributed by atoms with Gasteiger partial charge in [0.2, 0.25) is 11.8 Å². The number of amides is 6.